The van der Waals surface area contributed by atoms with E-state index >= 15 is 0 Å². The van der Waals surface area contributed by atoms with Gasteiger partial charge in [0.25, 0.3) is 0 Å². The highest BCUT2D eigenvalue weighted by atomic mass is 32.2. The number of thioether (sulfide) groups is 1. The minimum absolute atomic E-state index is 0.0907. The molecule has 1 amide bonds. The third kappa shape index (κ3) is 3.08. The summed E-state index contributed by atoms with van der Waals surface area (Å²) in [6.45, 7) is 3.20. The predicted octanol–water partition coefficient (Wildman–Crippen LogP) is 4.02. The molecule has 1 heterocycles. The van der Waals surface area contributed by atoms with Gasteiger partial charge in [0.2, 0.25) is 5.91 Å². The highest BCUT2D eigenvalue weighted by molar-refractivity contribution is 8.00. The second-order valence-electron chi connectivity index (χ2n) is 8.75. The molecule has 0 saturated heterocycles. The van der Waals surface area contributed by atoms with Gasteiger partial charge in [-0.1, -0.05) is 0 Å². The molecule has 0 radical (unpaired) electrons. The molecule has 1 N–H and O–H groups in total. The van der Waals surface area contributed by atoms with E-state index in [1.165, 1.54) is 38.5 Å². The molecule has 1 aromatic carbocycles. The summed E-state index contributed by atoms with van der Waals surface area (Å²) in [6, 6.07) is 5.96. The van der Waals surface area contributed by atoms with Gasteiger partial charge in [-0.05, 0) is 81.4 Å². The van der Waals surface area contributed by atoms with Crippen LogP contribution in [0, 0.1) is 17.8 Å². The van der Waals surface area contributed by atoms with Gasteiger partial charge in [-0.25, -0.2) is 0 Å². The van der Waals surface area contributed by atoms with E-state index in [2.05, 4.69) is 5.32 Å². The maximum absolute atomic E-state index is 12.9. The van der Waals surface area contributed by atoms with E-state index < -0.39 is 0 Å². The van der Waals surface area contributed by atoms with Gasteiger partial charge >= 0.3 is 0 Å². The van der Waals surface area contributed by atoms with Crippen molar-refractivity contribution in [2.75, 3.05) is 13.2 Å². The summed E-state index contributed by atoms with van der Waals surface area (Å²) >= 11 is 1.61. The van der Waals surface area contributed by atoms with Crippen molar-refractivity contribution in [2.24, 2.45) is 17.8 Å². The third-order valence-corrected chi connectivity index (χ3v) is 7.72. The van der Waals surface area contributed by atoms with E-state index in [-0.39, 0.29) is 16.7 Å². The molecule has 4 nitrogen and oxygen atoms in total. The summed E-state index contributed by atoms with van der Waals surface area (Å²) < 4.78 is 11.2. The highest BCUT2D eigenvalue weighted by Crippen LogP contribution is 2.55. The largest absolute Gasteiger partial charge is 0.486 e. The fraction of sp³-hybridized carbons (Fsp3) is 0.667. The smallest absolute Gasteiger partial charge is 0.233 e. The Bertz CT molecular complexity index is 684. The Morgan fingerprint density at radius 1 is 1.08 bits per heavy atom. The normalized spacial score (nSPS) is 35.2. The number of hydrogen-bond donors (Lipinski definition) is 1. The number of amides is 1. The second kappa shape index (κ2) is 6.36. The van der Waals surface area contributed by atoms with Crippen molar-refractivity contribution in [3.05, 3.63) is 18.2 Å². The molecule has 140 valence electrons. The van der Waals surface area contributed by atoms with Crippen LogP contribution in [0.4, 0.5) is 0 Å². The summed E-state index contributed by atoms with van der Waals surface area (Å²) in [4.78, 5) is 14.0. The molecule has 1 aliphatic heterocycles. The van der Waals surface area contributed by atoms with Crippen molar-refractivity contribution in [2.45, 2.75) is 61.1 Å². The number of carbonyl (C=O) groups excluding carboxylic acids is 1. The number of benzene rings is 1. The molecule has 1 atom stereocenters. The lowest BCUT2D eigenvalue weighted by molar-refractivity contribution is -0.126. The first-order valence-electron chi connectivity index (χ1n) is 9.97. The maximum atomic E-state index is 12.9. The second-order valence-corrected chi connectivity index (χ2v) is 10.2. The molecule has 4 aliphatic carbocycles. The van der Waals surface area contributed by atoms with Gasteiger partial charge in [0, 0.05) is 10.4 Å². The molecule has 0 aromatic heterocycles. The van der Waals surface area contributed by atoms with Crippen LogP contribution in [0.15, 0.2) is 23.1 Å². The van der Waals surface area contributed by atoms with E-state index in [4.69, 9.17) is 9.47 Å². The average molecular weight is 374 g/mol. The lowest BCUT2D eigenvalue weighted by Crippen LogP contribution is -2.60. The van der Waals surface area contributed by atoms with Gasteiger partial charge in [0.15, 0.2) is 11.5 Å². The first kappa shape index (κ1) is 16.8. The van der Waals surface area contributed by atoms with Crippen LogP contribution in [0.1, 0.15) is 45.4 Å². The molecule has 4 bridgehead atoms. The Kier molecular flexibility index (Phi) is 4.11. The number of carbonyl (C=O) groups is 1. The fourth-order valence-electron chi connectivity index (χ4n) is 5.98. The Morgan fingerprint density at radius 2 is 1.69 bits per heavy atom. The monoisotopic (exact) mass is 373 g/mol. The Balaban J connectivity index is 1.25. The molecule has 0 unspecified atom stereocenters. The number of fused-ring (bicyclic) bond motifs is 1. The number of nitrogens with one attached hydrogen (secondary N) is 1. The Morgan fingerprint density at radius 3 is 2.35 bits per heavy atom. The highest BCUT2D eigenvalue weighted by Gasteiger charge is 2.51. The number of rotatable bonds is 4. The molecular formula is C21H27NO3S. The lowest BCUT2D eigenvalue weighted by atomic mass is 9.53. The molecule has 4 saturated carbocycles. The molecule has 5 aliphatic rings. The summed E-state index contributed by atoms with van der Waals surface area (Å²) in [5.74, 6) is 4.32. The molecular weight excluding hydrogens is 346 g/mol. The van der Waals surface area contributed by atoms with E-state index in [0.717, 1.165) is 34.1 Å². The van der Waals surface area contributed by atoms with E-state index in [0.29, 0.717) is 13.2 Å². The topological polar surface area (TPSA) is 47.6 Å². The average Bonchev–Trinajstić information content (AvgIpc) is 2.60. The number of hydrogen-bond acceptors (Lipinski definition) is 4. The van der Waals surface area contributed by atoms with Crippen LogP contribution < -0.4 is 14.8 Å². The van der Waals surface area contributed by atoms with Crippen molar-refractivity contribution in [1.29, 1.82) is 0 Å². The molecule has 26 heavy (non-hydrogen) atoms. The third-order valence-electron chi connectivity index (χ3n) is 6.62. The zero-order chi connectivity index (χ0) is 17.7. The van der Waals surface area contributed by atoms with Crippen LogP contribution in [-0.4, -0.2) is 29.9 Å². The SMILES string of the molecule is C[C@H](Sc1ccc2c(c1)OCCO2)C(=O)NC12CC3CC(CC(C3)C1)C2. The van der Waals surface area contributed by atoms with Crippen molar-refractivity contribution in [1.82, 2.24) is 5.32 Å². The van der Waals surface area contributed by atoms with Crippen LogP contribution >= 0.6 is 11.8 Å². The van der Waals surface area contributed by atoms with Crippen molar-refractivity contribution >= 4 is 17.7 Å². The van der Waals surface area contributed by atoms with Crippen molar-refractivity contribution < 1.29 is 14.3 Å². The molecule has 6 rings (SSSR count). The van der Waals surface area contributed by atoms with E-state index in [9.17, 15) is 4.79 Å². The zero-order valence-electron chi connectivity index (χ0n) is 15.3. The van der Waals surface area contributed by atoms with Gasteiger partial charge in [0.1, 0.15) is 13.2 Å². The van der Waals surface area contributed by atoms with Gasteiger partial charge in [-0.2, -0.15) is 0 Å². The van der Waals surface area contributed by atoms with Crippen LogP contribution in [0.25, 0.3) is 0 Å². The minimum Gasteiger partial charge on any atom is -0.486 e. The van der Waals surface area contributed by atoms with E-state index in [1.54, 1.807) is 11.8 Å². The fourth-order valence-corrected chi connectivity index (χ4v) is 6.88. The van der Waals surface area contributed by atoms with Gasteiger partial charge in [0.05, 0.1) is 5.25 Å². The van der Waals surface area contributed by atoms with Crippen LogP contribution in [-0.2, 0) is 4.79 Å². The van der Waals surface area contributed by atoms with Gasteiger partial charge in [-0.3, -0.25) is 4.79 Å². The quantitative estimate of drug-likeness (QED) is 0.810. The molecule has 5 heteroatoms. The van der Waals surface area contributed by atoms with Gasteiger partial charge in [-0.15, -0.1) is 11.8 Å². The zero-order valence-corrected chi connectivity index (χ0v) is 16.1. The minimum atomic E-state index is -0.106. The summed E-state index contributed by atoms with van der Waals surface area (Å²) in [6.07, 6.45) is 7.80. The molecule has 0 spiro atoms. The summed E-state index contributed by atoms with van der Waals surface area (Å²) in [5.41, 5.74) is 0.0907. The molecule has 1 aromatic rings. The predicted molar refractivity (Wildman–Crippen MR) is 102 cm³/mol. The van der Waals surface area contributed by atoms with Crippen molar-refractivity contribution in [3.63, 3.8) is 0 Å². The Labute approximate surface area is 159 Å². The standard InChI is InChI=1S/C21H27NO3S/c1-13(26-17-2-3-18-19(9-17)25-5-4-24-18)20(23)22-21-10-14-6-15(11-21)8-16(7-14)12-21/h2-3,9,13-16H,4-8,10-12H2,1H3,(H,22,23)/t13-,14?,15?,16?,21?/m0/s1. The van der Waals surface area contributed by atoms with Crippen LogP contribution in [0.5, 0.6) is 11.5 Å². The first-order valence-corrected chi connectivity index (χ1v) is 10.8. The summed E-state index contributed by atoms with van der Waals surface area (Å²) in [5, 5.41) is 3.39. The summed E-state index contributed by atoms with van der Waals surface area (Å²) in [7, 11) is 0. The Hall–Kier alpha value is -1.36. The first-order chi connectivity index (χ1) is 12.6. The lowest BCUT2D eigenvalue weighted by Gasteiger charge is -2.57. The van der Waals surface area contributed by atoms with E-state index in [1.807, 2.05) is 25.1 Å². The molecule has 4 fully saturated rings. The maximum Gasteiger partial charge on any atom is 0.233 e. The van der Waals surface area contributed by atoms with Crippen LogP contribution in [0.3, 0.4) is 0 Å². The van der Waals surface area contributed by atoms with Gasteiger partial charge < -0.3 is 14.8 Å². The van der Waals surface area contributed by atoms with Crippen molar-refractivity contribution in [3.8, 4) is 11.5 Å². The number of ether oxygens (including phenoxy) is 2. The van der Waals surface area contributed by atoms with Crippen LogP contribution in [0.2, 0.25) is 0 Å².